The lowest BCUT2D eigenvalue weighted by atomic mass is 10.2. The predicted octanol–water partition coefficient (Wildman–Crippen LogP) is 5.82. The molecule has 0 amide bonds. The summed E-state index contributed by atoms with van der Waals surface area (Å²) in [6.45, 7) is 23.3. The minimum atomic E-state index is -1.89. The molecule has 0 bridgehead atoms. The van der Waals surface area contributed by atoms with Gasteiger partial charge in [-0.15, -0.1) is 0 Å². The van der Waals surface area contributed by atoms with Gasteiger partial charge in [-0.1, -0.05) is 53.3 Å². The van der Waals surface area contributed by atoms with E-state index >= 15 is 0 Å². The highest BCUT2D eigenvalue weighted by Crippen LogP contribution is 2.42. The second-order valence-electron chi connectivity index (χ2n) is 10.1. The van der Waals surface area contributed by atoms with E-state index in [-0.39, 0.29) is 21.4 Å². The summed E-state index contributed by atoms with van der Waals surface area (Å²) in [6, 6.07) is 0. The highest BCUT2D eigenvalue weighted by atomic mass is 32.2. The smallest absolute Gasteiger partial charge is 0.192 e. The molecule has 0 aromatic rings. The van der Waals surface area contributed by atoms with Crippen LogP contribution in [0.15, 0.2) is 0 Å². The summed E-state index contributed by atoms with van der Waals surface area (Å²) in [7, 11) is -3.70. The van der Waals surface area contributed by atoms with Crippen LogP contribution in [0.1, 0.15) is 54.4 Å². The van der Waals surface area contributed by atoms with Crippen molar-refractivity contribution < 1.29 is 13.6 Å². The van der Waals surface area contributed by atoms with Crippen LogP contribution in [-0.4, -0.2) is 39.7 Å². The van der Waals surface area contributed by atoms with E-state index in [1.54, 1.807) is 0 Å². The summed E-state index contributed by atoms with van der Waals surface area (Å²) in [6.07, 6.45) is 1.62. The van der Waals surface area contributed by atoms with Gasteiger partial charge in [0.15, 0.2) is 21.8 Å². The zero-order valence-corrected chi connectivity index (χ0v) is 20.2. The monoisotopic (exact) mass is 390 g/mol. The summed E-state index contributed by atoms with van der Waals surface area (Å²) >= 11 is 1.48. The minimum Gasteiger partial charge on any atom is -0.414 e. The van der Waals surface area contributed by atoms with Gasteiger partial charge in [0.25, 0.3) is 0 Å². The fraction of sp³-hybridized carbons (Fsp3) is 0.944. The fourth-order valence-corrected chi connectivity index (χ4v) is 5.64. The van der Waals surface area contributed by atoms with E-state index < -0.39 is 16.6 Å². The number of hydrogen-bond acceptors (Lipinski definition) is 4. The Morgan fingerprint density at radius 2 is 1.54 bits per heavy atom. The first-order chi connectivity index (χ1) is 10.6. The lowest BCUT2D eigenvalue weighted by molar-refractivity contribution is -0.110. The van der Waals surface area contributed by atoms with Crippen molar-refractivity contribution in [1.29, 1.82) is 0 Å². The third-order valence-corrected chi connectivity index (χ3v) is 16.3. The van der Waals surface area contributed by atoms with Crippen LogP contribution in [-0.2, 0) is 13.6 Å². The van der Waals surface area contributed by atoms with Crippen LogP contribution < -0.4 is 0 Å². The first kappa shape index (κ1) is 22.4. The topological polar surface area (TPSA) is 35.5 Å². The number of thioether (sulfide) groups is 1. The molecule has 1 rings (SSSR count). The zero-order chi connectivity index (χ0) is 19.0. The molecule has 1 aliphatic heterocycles. The van der Waals surface area contributed by atoms with E-state index in [0.29, 0.717) is 18.1 Å². The highest BCUT2D eigenvalue weighted by molar-refractivity contribution is 8.14. The Labute approximate surface area is 155 Å². The average molecular weight is 391 g/mol. The standard InChI is InChI=1S/C18H38O3SSi2/c1-17(2,3)23(7,8)20-13-14(15-11-12-16(19)22-15)21-24(9,10)18(4,5)6/h14-15H,11-13H2,1-10H3/t14-,15-/m1/s1. The van der Waals surface area contributed by atoms with Crippen molar-refractivity contribution in [1.82, 2.24) is 0 Å². The van der Waals surface area contributed by atoms with Gasteiger partial charge in [0, 0.05) is 11.7 Å². The van der Waals surface area contributed by atoms with Crippen molar-refractivity contribution in [3.8, 4) is 0 Å². The van der Waals surface area contributed by atoms with Crippen molar-refractivity contribution in [3.05, 3.63) is 0 Å². The zero-order valence-electron chi connectivity index (χ0n) is 17.4. The third-order valence-electron chi connectivity index (χ3n) is 6.00. The van der Waals surface area contributed by atoms with E-state index in [9.17, 15) is 4.79 Å². The van der Waals surface area contributed by atoms with Crippen LogP contribution >= 0.6 is 11.8 Å². The molecule has 1 aliphatic rings. The summed E-state index contributed by atoms with van der Waals surface area (Å²) in [5.74, 6) is 0. The lowest BCUT2D eigenvalue weighted by Gasteiger charge is -2.42. The maximum Gasteiger partial charge on any atom is 0.192 e. The molecule has 2 atom stereocenters. The largest absolute Gasteiger partial charge is 0.414 e. The van der Waals surface area contributed by atoms with Crippen LogP contribution in [0.3, 0.4) is 0 Å². The van der Waals surface area contributed by atoms with Gasteiger partial charge in [-0.2, -0.15) is 0 Å². The summed E-state index contributed by atoms with van der Waals surface area (Å²) in [5, 5.41) is 0.899. The maximum absolute atomic E-state index is 11.8. The van der Waals surface area contributed by atoms with Gasteiger partial charge in [-0.3, -0.25) is 4.79 Å². The molecule has 0 N–H and O–H groups in total. The van der Waals surface area contributed by atoms with Crippen molar-refractivity contribution in [3.63, 3.8) is 0 Å². The summed E-state index contributed by atoms with van der Waals surface area (Å²) in [4.78, 5) is 11.8. The number of rotatable bonds is 6. The molecule has 142 valence electrons. The van der Waals surface area contributed by atoms with Gasteiger partial charge in [0.05, 0.1) is 12.7 Å². The van der Waals surface area contributed by atoms with Crippen LogP contribution in [0.4, 0.5) is 0 Å². The fourth-order valence-electron chi connectivity index (χ4n) is 2.09. The highest BCUT2D eigenvalue weighted by Gasteiger charge is 2.44. The van der Waals surface area contributed by atoms with Gasteiger partial charge in [0.2, 0.25) is 0 Å². The van der Waals surface area contributed by atoms with E-state index in [1.807, 2.05) is 0 Å². The normalized spacial score (nSPS) is 22.1. The predicted molar refractivity (Wildman–Crippen MR) is 111 cm³/mol. The van der Waals surface area contributed by atoms with Crippen molar-refractivity contribution in [2.24, 2.45) is 0 Å². The van der Waals surface area contributed by atoms with Gasteiger partial charge < -0.3 is 8.85 Å². The quantitative estimate of drug-likeness (QED) is 0.535. The van der Waals surface area contributed by atoms with Crippen molar-refractivity contribution in [2.75, 3.05) is 6.61 Å². The Hall–Kier alpha value is 0.374. The van der Waals surface area contributed by atoms with Gasteiger partial charge in [0.1, 0.15) is 0 Å². The van der Waals surface area contributed by atoms with Crippen LogP contribution in [0.2, 0.25) is 36.3 Å². The van der Waals surface area contributed by atoms with E-state index in [2.05, 4.69) is 67.7 Å². The second kappa shape index (κ2) is 7.55. The molecule has 1 fully saturated rings. The van der Waals surface area contributed by atoms with Crippen LogP contribution in [0.5, 0.6) is 0 Å². The van der Waals surface area contributed by atoms with Gasteiger partial charge in [-0.25, -0.2) is 0 Å². The van der Waals surface area contributed by atoms with Gasteiger partial charge in [-0.05, 0) is 42.7 Å². The lowest BCUT2D eigenvalue weighted by Crippen LogP contribution is -2.50. The van der Waals surface area contributed by atoms with E-state index in [0.717, 1.165) is 6.42 Å². The van der Waals surface area contributed by atoms with Crippen molar-refractivity contribution >= 4 is 33.5 Å². The first-order valence-corrected chi connectivity index (χ1v) is 15.8. The molecule has 0 radical (unpaired) electrons. The Morgan fingerprint density at radius 3 is 1.92 bits per heavy atom. The van der Waals surface area contributed by atoms with E-state index in [4.69, 9.17) is 8.85 Å². The Kier molecular flexibility index (Phi) is 7.05. The maximum atomic E-state index is 11.8. The Bertz CT molecular complexity index is 450. The molecule has 0 aromatic carbocycles. The minimum absolute atomic E-state index is 0.0245. The average Bonchev–Trinajstić information content (AvgIpc) is 2.78. The molecular formula is C18H38O3SSi2. The van der Waals surface area contributed by atoms with Gasteiger partial charge >= 0.3 is 0 Å². The second-order valence-corrected chi connectivity index (χ2v) is 20.9. The molecule has 0 spiro atoms. The molecule has 1 heterocycles. The molecule has 0 aromatic heterocycles. The molecule has 6 heteroatoms. The number of hydrogen-bond donors (Lipinski definition) is 0. The molecule has 1 saturated heterocycles. The van der Waals surface area contributed by atoms with E-state index in [1.165, 1.54) is 11.8 Å². The summed E-state index contributed by atoms with van der Waals surface area (Å²) in [5.41, 5.74) is 0. The Morgan fingerprint density at radius 1 is 1.04 bits per heavy atom. The SMILES string of the molecule is CC(C)(C)[Si](C)(C)OC[C@@H](O[Si](C)(C)C(C)(C)C)[C@H]1CCC(=O)S1. The molecule has 24 heavy (non-hydrogen) atoms. The molecular weight excluding hydrogens is 352 g/mol. The molecule has 0 aliphatic carbocycles. The molecule has 3 nitrogen and oxygen atoms in total. The van der Waals surface area contributed by atoms with Crippen LogP contribution in [0.25, 0.3) is 0 Å². The molecule has 0 unspecified atom stereocenters. The number of carbonyl (C=O) groups excluding carboxylic acids is 1. The summed E-state index contributed by atoms with van der Waals surface area (Å²) < 4.78 is 13.2. The Balaban J connectivity index is 2.89. The van der Waals surface area contributed by atoms with Crippen molar-refractivity contribution in [2.45, 2.75) is 102 Å². The van der Waals surface area contributed by atoms with Crippen LogP contribution in [0, 0.1) is 0 Å². The third kappa shape index (κ3) is 5.69. The first-order valence-electron chi connectivity index (χ1n) is 9.08. The number of carbonyl (C=O) groups is 1. The molecule has 0 saturated carbocycles.